The average molecular weight is 273 g/mol. The van der Waals surface area contributed by atoms with Crippen LogP contribution in [0.25, 0.3) is 0 Å². The van der Waals surface area contributed by atoms with Crippen LogP contribution in [-0.2, 0) is 0 Å². The number of hydrogen-bond donors (Lipinski definition) is 1. The van der Waals surface area contributed by atoms with Gasteiger partial charge in [0.25, 0.3) is 0 Å². The van der Waals surface area contributed by atoms with Crippen LogP contribution in [0.15, 0.2) is 22.8 Å². The van der Waals surface area contributed by atoms with Gasteiger partial charge in [0.05, 0.1) is 0 Å². The minimum absolute atomic E-state index is 0.421. The van der Waals surface area contributed by atoms with Crippen LogP contribution < -0.4 is 4.90 Å². The van der Waals surface area contributed by atoms with Crippen molar-refractivity contribution in [1.82, 2.24) is 4.98 Å². The molecule has 0 radical (unpaired) electrons. The summed E-state index contributed by atoms with van der Waals surface area (Å²) in [7, 11) is 0. The fraction of sp³-hybridized carbons (Fsp3) is 0.400. The Morgan fingerprint density at radius 1 is 1.47 bits per heavy atom. The Labute approximate surface area is 97.1 Å². The van der Waals surface area contributed by atoms with Gasteiger partial charge in [0, 0.05) is 5.54 Å². The number of carboxylic acid groups (broad SMARTS) is 1. The SMILES string of the molecule is CC(C)(C)N(C(=O)O)c1cccc(Br)n1. The molecule has 0 aliphatic carbocycles. The molecule has 0 aliphatic heterocycles. The summed E-state index contributed by atoms with van der Waals surface area (Å²) in [6.45, 7) is 5.47. The van der Waals surface area contributed by atoms with Gasteiger partial charge in [0.2, 0.25) is 0 Å². The summed E-state index contributed by atoms with van der Waals surface area (Å²) < 4.78 is 0.621. The molecule has 1 heterocycles. The van der Waals surface area contributed by atoms with Gasteiger partial charge >= 0.3 is 6.09 Å². The van der Waals surface area contributed by atoms with Gasteiger partial charge in [0.15, 0.2) is 0 Å². The monoisotopic (exact) mass is 272 g/mol. The van der Waals surface area contributed by atoms with Crippen molar-refractivity contribution in [3.8, 4) is 0 Å². The molecule has 0 bridgehead atoms. The lowest BCUT2D eigenvalue weighted by Gasteiger charge is -2.32. The Morgan fingerprint density at radius 2 is 2.07 bits per heavy atom. The predicted octanol–water partition coefficient (Wildman–Crippen LogP) is 3.13. The number of amides is 1. The number of aromatic nitrogens is 1. The third-order valence-electron chi connectivity index (χ3n) is 1.79. The number of anilines is 1. The van der Waals surface area contributed by atoms with Gasteiger partial charge < -0.3 is 5.11 Å². The summed E-state index contributed by atoms with van der Waals surface area (Å²) in [6.07, 6.45) is -1.01. The molecule has 0 unspecified atom stereocenters. The highest BCUT2D eigenvalue weighted by Gasteiger charge is 2.28. The number of carbonyl (C=O) groups is 1. The van der Waals surface area contributed by atoms with E-state index in [1.54, 1.807) is 18.2 Å². The van der Waals surface area contributed by atoms with Gasteiger partial charge in [0.1, 0.15) is 10.4 Å². The first-order valence-corrected chi connectivity index (χ1v) is 5.27. The molecule has 0 saturated carbocycles. The number of hydrogen-bond acceptors (Lipinski definition) is 2. The van der Waals surface area contributed by atoms with Crippen molar-refractivity contribution in [1.29, 1.82) is 0 Å². The second kappa shape index (κ2) is 4.18. The zero-order chi connectivity index (χ0) is 11.6. The number of halogens is 1. The quantitative estimate of drug-likeness (QED) is 0.800. The molecule has 4 nitrogen and oxygen atoms in total. The van der Waals surface area contributed by atoms with Crippen LogP contribution in [0, 0.1) is 0 Å². The highest BCUT2D eigenvalue weighted by Crippen LogP contribution is 2.23. The fourth-order valence-corrected chi connectivity index (χ4v) is 1.58. The zero-order valence-corrected chi connectivity index (χ0v) is 10.4. The van der Waals surface area contributed by atoms with Crippen LogP contribution in [0.5, 0.6) is 0 Å². The maximum absolute atomic E-state index is 11.1. The van der Waals surface area contributed by atoms with Crippen LogP contribution >= 0.6 is 15.9 Å². The second-order valence-electron chi connectivity index (χ2n) is 4.11. The van der Waals surface area contributed by atoms with Gasteiger partial charge in [-0.15, -0.1) is 0 Å². The Hall–Kier alpha value is -1.10. The van der Waals surface area contributed by atoms with E-state index in [-0.39, 0.29) is 0 Å². The fourth-order valence-electron chi connectivity index (χ4n) is 1.25. The first-order chi connectivity index (χ1) is 6.82. The van der Waals surface area contributed by atoms with Crippen molar-refractivity contribution < 1.29 is 9.90 Å². The smallest absolute Gasteiger partial charge is 0.413 e. The lowest BCUT2D eigenvalue weighted by molar-refractivity contribution is 0.195. The Bertz CT molecular complexity index is 374. The third-order valence-corrected chi connectivity index (χ3v) is 2.23. The molecule has 0 aromatic carbocycles. The van der Waals surface area contributed by atoms with Gasteiger partial charge in [-0.3, -0.25) is 4.90 Å². The lowest BCUT2D eigenvalue weighted by Crippen LogP contribution is -2.45. The van der Waals surface area contributed by atoms with E-state index in [0.29, 0.717) is 10.4 Å². The molecule has 0 aliphatic rings. The van der Waals surface area contributed by atoms with Gasteiger partial charge in [-0.2, -0.15) is 0 Å². The van der Waals surface area contributed by atoms with Gasteiger partial charge in [-0.1, -0.05) is 6.07 Å². The van der Waals surface area contributed by atoms with E-state index in [9.17, 15) is 4.79 Å². The lowest BCUT2D eigenvalue weighted by atomic mass is 10.1. The van der Waals surface area contributed by atoms with Crippen molar-refractivity contribution in [3.63, 3.8) is 0 Å². The van der Waals surface area contributed by atoms with E-state index in [1.807, 2.05) is 20.8 Å². The molecule has 1 aromatic rings. The second-order valence-corrected chi connectivity index (χ2v) is 4.92. The van der Waals surface area contributed by atoms with Gasteiger partial charge in [-0.05, 0) is 48.8 Å². The van der Waals surface area contributed by atoms with E-state index in [1.165, 1.54) is 4.90 Å². The van der Waals surface area contributed by atoms with Gasteiger partial charge in [-0.25, -0.2) is 9.78 Å². The maximum atomic E-state index is 11.1. The number of nitrogens with zero attached hydrogens (tertiary/aromatic N) is 2. The van der Waals surface area contributed by atoms with E-state index in [4.69, 9.17) is 5.11 Å². The number of pyridine rings is 1. The van der Waals surface area contributed by atoms with E-state index in [0.717, 1.165) is 0 Å². The maximum Gasteiger partial charge on any atom is 0.413 e. The van der Waals surface area contributed by atoms with Crippen LogP contribution in [0.4, 0.5) is 10.6 Å². The Balaban J connectivity index is 3.16. The molecule has 82 valence electrons. The first kappa shape index (κ1) is 12.0. The van der Waals surface area contributed by atoms with Crippen LogP contribution in [-0.4, -0.2) is 21.7 Å². The minimum Gasteiger partial charge on any atom is -0.465 e. The van der Waals surface area contributed by atoms with Crippen molar-refractivity contribution in [2.75, 3.05) is 4.90 Å². The molecule has 0 fully saturated rings. The van der Waals surface area contributed by atoms with E-state index < -0.39 is 11.6 Å². The molecule has 1 N–H and O–H groups in total. The molecular formula is C10H13BrN2O2. The normalized spacial score (nSPS) is 11.2. The molecule has 1 rings (SSSR count). The van der Waals surface area contributed by atoms with Crippen molar-refractivity contribution in [2.45, 2.75) is 26.3 Å². The number of rotatable bonds is 1. The molecule has 15 heavy (non-hydrogen) atoms. The topological polar surface area (TPSA) is 53.4 Å². The van der Waals surface area contributed by atoms with E-state index in [2.05, 4.69) is 20.9 Å². The molecule has 1 amide bonds. The largest absolute Gasteiger partial charge is 0.465 e. The van der Waals surface area contributed by atoms with Crippen molar-refractivity contribution >= 4 is 27.8 Å². The summed E-state index contributed by atoms with van der Waals surface area (Å²) in [5.41, 5.74) is -0.514. The predicted molar refractivity (Wildman–Crippen MR) is 62.2 cm³/mol. The van der Waals surface area contributed by atoms with Crippen LogP contribution in [0.3, 0.4) is 0 Å². The zero-order valence-electron chi connectivity index (χ0n) is 8.86. The summed E-state index contributed by atoms with van der Waals surface area (Å²) in [5, 5.41) is 9.12. The standard InChI is InChI=1S/C10H13BrN2O2/c1-10(2,3)13(9(14)15)8-6-4-5-7(11)12-8/h4-6H,1-3H3,(H,14,15). The van der Waals surface area contributed by atoms with Crippen LogP contribution in [0.1, 0.15) is 20.8 Å². The first-order valence-electron chi connectivity index (χ1n) is 4.48. The molecule has 0 saturated heterocycles. The Kier molecular flexibility index (Phi) is 3.34. The van der Waals surface area contributed by atoms with E-state index >= 15 is 0 Å². The summed E-state index contributed by atoms with van der Waals surface area (Å²) in [4.78, 5) is 16.5. The minimum atomic E-state index is -1.01. The molecule has 5 heteroatoms. The average Bonchev–Trinajstić information content (AvgIpc) is 1.99. The Morgan fingerprint density at radius 3 is 2.47 bits per heavy atom. The molecular weight excluding hydrogens is 260 g/mol. The molecule has 0 spiro atoms. The molecule has 1 aromatic heterocycles. The third kappa shape index (κ3) is 2.92. The highest BCUT2D eigenvalue weighted by molar-refractivity contribution is 9.10. The highest BCUT2D eigenvalue weighted by atomic mass is 79.9. The van der Waals surface area contributed by atoms with Crippen LogP contribution in [0.2, 0.25) is 0 Å². The summed E-state index contributed by atoms with van der Waals surface area (Å²) in [6, 6.07) is 5.18. The van der Waals surface area contributed by atoms with Crippen molar-refractivity contribution in [2.24, 2.45) is 0 Å². The molecule has 0 atom stereocenters. The summed E-state index contributed by atoms with van der Waals surface area (Å²) in [5.74, 6) is 0.421. The summed E-state index contributed by atoms with van der Waals surface area (Å²) >= 11 is 3.22. The van der Waals surface area contributed by atoms with Crippen molar-refractivity contribution in [3.05, 3.63) is 22.8 Å².